The number of rotatable bonds is 10. The first-order chi connectivity index (χ1) is 16.3. The van der Waals surface area contributed by atoms with E-state index in [9.17, 15) is 4.79 Å². The Kier molecular flexibility index (Phi) is 8.04. The van der Waals surface area contributed by atoms with Crippen LogP contribution in [0.5, 0.6) is 0 Å². The smallest absolute Gasteiger partial charge is 0.237 e. The lowest BCUT2D eigenvalue weighted by Gasteiger charge is -2.31. The lowest BCUT2D eigenvalue weighted by molar-refractivity contribution is -0.127. The monoisotopic (exact) mass is 434 g/mol. The zero-order valence-electron chi connectivity index (χ0n) is 18.8. The predicted octanol–water partition coefficient (Wildman–Crippen LogP) is 5.62. The van der Waals surface area contributed by atoms with Crippen molar-refractivity contribution in [2.75, 3.05) is 0 Å². The molecule has 33 heavy (non-hydrogen) atoms. The fourth-order valence-electron chi connectivity index (χ4n) is 4.04. The van der Waals surface area contributed by atoms with E-state index in [1.807, 2.05) is 60.7 Å². The van der Waals surface area contributed by atoms with Gasteiger partial charge in [0, 0.05) is 19.6 Å². The van der Waals surface area contributed by atoms with Gasteiger partial charge in [-0.3, -0.25) is 9.69 Å². The van der Waals surface area contributed by atoms with Crippen molar-refractivity contribution < 1.29 is 4.79 Å². The van der Waals surface area contributed by atoms with Crippen LogP contribution in [0.1, 0.15) is 22.3 Å². The Balaban J connectivity index is 1.60. The molecule has 0 aliphatic heterocycles. The van der Waals surface area contributed by atoms with E-state index in [2.05, 4.69) is 70.9 Å². The van der Waals surface area contributed by atoms with E-state index in [-0.39, 0.29) is 11.9 Å². The van der Waals surface area contributed by atoms with Gasteiger partial charge in [-0.15, -0.1) is 0 Å². The number of hydrogen-bond donors (Lipinski definition) is 1. The second kappa shape index (κ2) is 11.8. The first-order valence-corrected chi connectivity index (χ1v) is 11.5. The van der Waals surface area contributed by atoms with E-state index < -0.39 is 0 Å². The molecule has 4 rings (SSSR count). The van der Waals surface area contributed by atoms with Crippen LogP contribution < -0.4 is 5.32 Å². The molecule has 3 heteroatoms. The highest BCUT2D eigenvalue weighted by Gasteiger charge is 2.26. The second-order valence-corrected chi connectivity index (χ2v) is 8.29. The number of carbonyl (C=O) groups is 1. The zero-order valence-corrected chi connectivity index (χ0v) is 18.8. The third kappa shape index (κ3) is 6.90. The summed E-state index contributed by atoms with van der Waals surface area (Å²) in [6.07, 6.45) is 0.654. The van der Waals surface area contributed by atoms with Crippen LogP contribution in [0.3, 0.4) is 0 Å². The molecule has 0 saturated heterocycles. The molecule has 1 atom stereocenters. The van der Waals surface area contributed by atoms with Gasteiger partial charge >= 0.3 is 0 Å². The van der Waals surface area contributed by atoms with Crippen molar-refractivity contribution in [1.29, 1.82) is 0 Å². The van der Waals surface area contributed by atoms with E-state index in [1.54, 1.807) is 0 Å². The summed E-state index contributed by atoms with van der Waals surface area (Å²) >= 11 is 0. The molecule has 0 aliphatic carbocycles. The lowest BCUT2D eigenvalue weighted by atomic mass is 10.0. The molecule has 166 valence electrons. The van der Waals surface area contributed by atoms with Crippen LogP contribution in [-0.4, -0.2) is 16.8 Å². The Morgan fingerprint density at radius 3 is 1.42 bits per heavy atom. The normalized spacial score (nSPS) is 11.8. The summed E-state index contributed by atoms with van der Waals surface area (Å²) in [7, 11) is 0. The highest BCUT2D eigenvalue weighted by atomic mass is 16.2. The van der Waals surface area contributed by atoms with E-state index in [1.165, 1.54) is 11.1 Å². The third-order valence-corrected chi connectivity index (χ3v) is 5.78. The lowest BCUT2D eigenvalue weighted by Crippen LogP contribution is -2.47. The van der Waals surface area contributed by atoms with Crippen molar-refractivity contribution in [2.24, 2.45) is 0 Å². The van der Waals surface area contributed by atoms with Gasteiger partial charge in [-0.25, -0.2) is 0 Å². The SMILES string of the molecule is O=C(NCc1ccccc1)[C@H](Cc1ccccc1)N(Cc1ccccc1)Cc1ccccc1. The van der Waals surface area contributed by atoms with Gasteiger partial charge in [0.15, 0.2) is 0 Å². The molecule has 0 heterocycles. The maximum atomic E-state index is 13.6. The number of carbonyl (C=O) groups excluding carboxylic acids is 1. The molecule has 1 amide bonds. The standard InChI is InChI=1S/C30H30N2O/c33-30(31-22-26-15-7-2-8-16-26)29(21-25-13-5-1-6-14-25)32(23-27-17-9-3-10-18-27)24-28-19-11-4-12-20-28/h1-20,29H,21-24H2,(H,31,33)/t29-/m0/s1. The number of nitrogens with one attached hydrogen (secondary N) is 1. The maximum absolute atomic E-state index is 13.6. The topological polar surface area (TPSA) is 32.3 Å². The summed E-state index contributed by atoms with van der Waals surface area (Å²) in [5.41, 5.74) is 4.65. The van der Waals surface area contributed by atoms with Gasteiger partial charge in [0.25, 0.3) is 0 Å². The molecule has 4 aromatic carbocycles. The van der Waals surface area contributed by atoms with Gasteiger partial charge < -0.3 is 5.32 Å². The van der Waals surface area contributed by atoms with Gasteiger partial charge in [0.1, 0.15) is 0 Å². The van der Waals surface area contributed by atoms with Crippen LogP contribution in [0.25, 0.3) is 0 Å². The van der Waals surface area contributed by atoms with E-state index in [4.69, 9.17) is 0 Å². The Morgan fingerprint density at radius 2 is 0.970 bits per heavy atom. The third-order valence-electron chi connectivity index (χ3n) is 5.78. The first kappa shape index (κ1) is 22.5. The van der Waals surface area contributed by atoms with E-state index in [0.29, 0.717) is 26.1 Å². The first-order valence-electron chi connectivity index (χ1n) is 11.5. The van der Waals surface area contributed by atoms with Crippen molar-refractivity contribution in [2.45, 2.75) is 32.1 Å². The van der Waals surface area contributed by atoms with Crippen molar-refractivity contribution in [3.8, 4) is 0 Å². The largest absolute Gasteiger partial charge is 0.351 e. The Morgan fingerprint density at radius 1 is 0.576 bits per heavy atom. The van der Waals surface area contributed by atoms with Crippen molar-refractivity contribution in [3.05, 3.63) is 144 Å². The van der Waals surface area contributed by atoms with Crippen LogP contribution in [0, 0.1) is 0 Å². The molecular weight excluding hydrogens is 404 g/mol. The van der Waals surface area contributed by atoms with Gasteiger partial charge in [-0.05, 0) is 28.7 Å². The molecule has 0 aliphatic rings. The summed E-state index contributed by atoms with van der Waals surface area (Å²) in [5.74, 6) is 0.0505. The molecule has 4 aromatic rings. The van der Waals surface area contributed by atoms with Crippen LogP contribution >= 0.6 is 0 Å². The summed E-state index contributed by atoms with van der Waals surface area (Å²) in [6.45, 7) is 1.92. The van der Waals surface area contributed by atoms with E-state index >= 15 is 0 Å². The van der Waals surface area contributed by atoms with Crippen LogP contribution in [-0.2, 0) is 30.8 Å². The Bertz CT molecular complexity index is 1060. The van der Waals surface area contributed by atoms with Crippen molar-refractivity contribution >= 4 is 5.91 Å². The second-order valence-electron chi connectivity index (χ2n) is 8.29. The summed E-state index contributed by atoms with van der Waals surface area (Å²) in [4.78, 5) is 15.9. The number of benzene rings is 4. The number of amides is 1. The summed E-state index contributed by atoms with van der Waals surface area (Å²) in [6, 6.07) is 40.8. The highest BCUT2D eigenvalue weighted by molar-refractivity contribution is 5.82. The molecule has 0 saturated carbocycles. The molecule has 1 N–H and O–H groups in total. The fraction of sp³-hybridized carbons (Fsp3) is 0.167. The van der Waals surface area contributed by atoms with Gasteiger partial charge in [0.05, 0.1) is 6.04 Å². The Hall–Kier alpha value is -3.69. The van der Waals surface area contributed by atoms with Crippen molar-refractivity contribution in [1.82, 2.24) is 10.2 Å². The van der Waals surface area contributed by atoms with Crippen LogP contribution in [0.15, 0.2) is 121 Å². The predicted molar refractivity (Wildman–Crippen MR) is 134 cm³/mol. The molecule has 3 nitrogen and oxygen atoms in total. The maximum Gasteiger partial charge on any atom is 0.237 e. The molecule has 0 bridgehead atoms. The molecular formula is C30H30N2O. The highest BCUT2D eigenvalue weighted by Crippen LogP contribution is 2.18. The minimum Gasteiger partial charge on any atom is -0.351 e. The molecule has 0 unspecified atom stereocenters. The minimum atomic E-state index is -0.295. The number of hydrogen-bond acceptors (Lipinski definition) is 2. The molecule has 0 aromatic heterocycles. The van der Waals surface area contributed by atoms with Gasteiger partial charge in [-0.1, -0.05) is 121 Å². The van der Waals surface area contributed by atoms with Crippen molar-refractivity contribution in [3.63, 3.8) is 0 Å². The summed E-state index contributed by atoms with van der Waals surface area (Å²) in [5, 5.41) is 3.19. The minimum absolute atomic E-state index is 0.0505. The Labute approximate surface area is 196 Å². The molecule has 0 radical (unpaired) electrons. The number of nitrogens with zero attached hydrogens (tertiary/aromatic N) is 1. The average Bonchev–Trinajstić information content (AvgIpc) is 2.88. The average molecular weight is 435 g/mol. The fourth-order valence-corrected chi connectivity index (χ4v) is 4.04. The molecule has 0 spiro atoms. The quantitative estimate of drug-likeness (QED) is 0.351. The van der Waals surface area contributed by atoms with Crippen LogP contribution in [0.2, 0.25) is 0 Å². The van der Waals surface area contributed by atoms with Gasteiger partial charge in [0.2, 0.25) is 5.91 Å². The zero-order chi connectivity index (χ0) is 22.7. The van der Waals surface area contributed by atoms with Crippen LogP contribution in [0.4, 0.5) is 0 Å². The van der Waals surface area contributed by atoms with E-state index in [0.717, 1.165) is 11.1 Å². The molecule has 0 fully saturated rings. The summed E-state index contributed by atoms with van der Waals surface area (Å²) < 4.78 is 0. The van der Waals surface area contributed by atoms with Gasteiger partial charge in [-0.2, -0.15) is 0 Å².